The highest BCUT2D eigenvalue weighted by Gasteiger charge is 2.19. The van der Waals surface area contributed by atoms with Crippen LogP contribution in [0.5, 0.6) is 0 Å². The monoisotopic (exact) mass is 821 g/mol. The minimum absolute atomic E-state index is 0.0921. The second-order valence-corrected chi connectivity index (χ2v) is 15.8. The summed E-state index contributed by atoms with van der Waals surface area (Å²) >= 11 is 0. The molecule has 0 bridgehead atoms. The van der Waals surface area contributed by atoms with Gasteiger partial charge in [0.25, 0.3) is 0 Å². The van der Waals surface area contributed by atoms with Crippen LogP contribution in [-0.4, -0.2) is 37.2 Å². The fourth-order valence-electron chi connectivity index (χ4n) is 6.45. The molecule has 336 valence electrons. The van der Waals surface area contributed by atoms with Crippen LogP contribution in [0.4, 0.5) is 0 Å². The quantitative estimate of drug-likeness (QED) is 0.0264. The number of unbranched alkanes of at least 4 members (excludes halogenated alkanes) is 22. The highest BCUT2D eigenvalue weighted by molar-refractivity contribution is 5.71. The van der Waals surface area contributed by atoms with Gasteiger partial charge in [-0.15, -0.1) is 0 Å². The van der Waals surface area contributed by atoms with E-state index >= 15 is 0 Å². The van der Waals surface area contributed by atoms with E-state index in [0.717, 1.165) is 109 Å². The molecule has 0 spiro atoms. The van der Waals surface area contributed by atoms with Crippen LogP contribution in [0.2, 0.25) is 0 Å². The van der Waals surface area contributed by atoms with Crippen LogP contribution in [0, 0.1) is 0 Å². The van der Waals surface area contributed by atoms with E-state index in [1.54, 1.807) is 0 Å². The number of carbonyl (C=O) groups excluding carboxylic acids is 3. The Balaban J connectivity index is 4.46. The Morgan fingerprint density at radius 2 is 0.661 bits per heavy atom. The standard InChI is InChI=1S/C53H88O6/c1-4-7-10-13-16-19-22-25-26-29-31-34-37-40-43-46-52(55)58-49-50(59-53(56)47-44-41-38-35-32-28-24-21-18-15-12-9-6-3)48-57-51(54)45-42-39-36-33-30-27-23-20-17-14-11-8-5-2/h7,9-10,12-13,15-16,18-19,21-22,24-26,50H,4-6,8,11,14,17,20,23,27-49H2,1-3H3/b10-7-,12-9-,16-13-,18-15-,22-19-,24-21-,26-25-. The summed E-state index contributed by atoms with van der Waals surface area (Å²) in [5.41, 5.74) is 0. The topological polar surface area (TPSA) is 78.9 Å². The van der Waals surface area contributed by atoms with Crippen molar-refractivity contribution in [2.75, 3.05) is 13.2 Å². The fraction of sp³-hybridized carbons (Fsp3) is 0.679. The molecule has 0 aromatic carbocycles. The molecule has 0 aliphatic carbocycles. The van der Waals surface area contributed by atoms with Crippen molar-refractivity contribution in [2.24, 2.45) is 0 Å². The van der Waals surface area contributed by atoms with Crippen molar-refractivity contribution in [3.63, 3.8) is 0 Å². The number of allylic oxidation sites excluding steroid dienone is 14. The molecule has 59 heavy (non-hydrogen) atoms. The Hall–Kier alpha value is -3.41. The minimum atomic E-state index is -0.794. The molecule has 0 aromatic heterocycles. The third-order valence-electron chi connectivity index (χ3n) is 10.1. The van der Waals surface area contributed by atoms with Crippen LogP contribution in [0.3, 0.4) is 0 Å². The molecule has 0 N–H and O–H groups in total. The fourth-order valence-corrected chi connectivity index (χ4v) is 6.45. The highest BCUT2D eigenvalue weighted by atomic mass is 16.6. The van der Waals surface area contributed by atoms with E-state index in [0.29, 0.717) is 19.3 Å². The lowest BCUT2D eigenvalue weighted by atomic mass is 10.0. The summed E-state index contributed by atoms with van der Waals surface area (Å²) < 4.78 is 16.7. The molecule has 0 aliphatic heterocycles. The first-order valence-electron chi connectivity index (χ1n) is 24.2. The van der Waals surface area contributed by atoms with Gasteiger partial charge in [0.05, 0.1) is 0 Å². The zero-order valence-corrected chi connectivity index (χ0v) is 38.2. The maximum Gasteiger partial charge on any atom is 0.306 e. The van der Waals surface area contributed by atoms with Crippen LogP contribution in [0.15, 0.2) is 85.1 Å². The van der Waals surface area contributed by atoms with E-state index in [4.69, 9.17) is 14.2 Å². The summed E-state index contributed by atoms with van der Waals surface area (Å²) in [6.07, 6.45) is 59.9. The Kier molecular flexibility index (Phi) is 44.5. The van der Waals surface area contributed by atoms with E-state index in [1.807, 2.05) is 18.2 Å². The number of hydrogen-bond acceptors (Lipinski definition) is 6. The van der Waals surface area contributed by atoms with Crippen LogP contribution in [0.25, 0.3) is 0 Å². The van der Waals surface area contributed by atoms with E-state index in [1.165, 1.54) is 64.2 Å². The van der Waals surface area contributed by atoms with Gasteiger partial charge in [0.1, 0.15) is 13.2 Å². The first-order chi connectivity index (χ1) is 29.0. The Labute approximate surface area is 363 Å². The summed E-state index contributed by atoms with van der Waals surface area (Å²) in [6, 6.07) is 0. The van der Waals surface area contributed by atoms with Gasteiger partial charge in [-0.2, -0.15) is 0 Å². The van der Waals surface area contributed by atoms with Gasteiger partial charge in [-0.1, -0.05) is 221 Å². The van der Waals surface area contributed by atoms with Crippen molar-refractivity contribution >= 4 is 17.9 Å². The van der Waals surface area contributed by atoms with Crippen LogP contribution >= 0.6 is 0 Å². The molecule has 6 heteroatoms. The summed E-state index contributed by atoms with van der Waals surface area (Å²) in [4.78, 5) is 37.9. The van der Waals surface area contributed by atoms with Crippen molar-refractivity contribution in [2.45, 2.75) is 219 Å². The normalized spacial score (nSPS) is 12.8. The molecule has 1 unspecified atom stereocenters. The van der Waals surface area contributed by atoms with E-state index in [2.05, 4.69) is 87.6 Å². The van der Waals surface area contributed by atoms with Crippen molar-refractivity contribution in [3.05, 3.63) is 85.1 Å². The lowest BCUT2D eigenvalue weighted by molar-refractivity contribution is -0.167. The van der Waals surface area contributed by atoms with Gasteiger partial charge in [-0.3, -0.25) is 14.4 Å². The van der Waals surface area contributed by atoms with Gasteiger partial charge >= 0.3 is 17.9 Å². The molecule has 0 amide bonds. The lowest BCUT2D eigenvalue weighted by Gasteiger charge is -2.18. The molecular weight excluding hydrogens is 733 g/mol. The Bertz CT molecular complexity index is 1170. The maximum atomic E-state index is 12.7. The van der Waals surface area contributed by atoms with E-state index in [9.17, 15) is 14.4 Å². The third-order valence-corrected chi connectivity index (χ3v) is 10.1. The Morgan fingerprint density at radius 3 is 1.03 bits per heavy atom. The molecule has 1 atom stereocenters. The number of carbonyl (C=O) groups is 3. The van der Waals surface area contributed by atoms with Gasteiger partial charge in [0.15, 0.2) is 6.10 Å². The molecule has 0 aromatic rings. The van der Waals surface area contributed by atoms with Crippen molar-refractivity contribution in [1.29, 1.82) is 0 Å². The van der Waals surface area contributed by atoms with E-state index < -0.39 is 6.10 Å². The lowest BCUT2D eigenvalue weighted by Crippen LogP contribution is -2.30. The molecular formula is C53H88O6. The minimum Gasteiger partial charge on any atom is -0.462 e. The van der Waals surface area contributed by atoms with Crippen LogP contribution in [-0.2, 0) is 28.6 Å². The average Bonchev–Trinajstić information content (AvgIpc) is 3.23. The third kappa shape index (κ3) is 45.5. The zero-order valence-electron chi connectivity index (χ0n) is 38.2. The smallest absolute Gasteiger partial charge is 0.306 e. The number of hydrogen-bond donors (Lipinski definition) is 0. The van der Waals surface area contributed by atoms with Crippen molar-refractivity contribution in [1.82, 2.24) is 0 Å². The molecule has 0 aliphatic rings. The molecule has 0 radical (unpaired) electrons. The number of esters is 3. The van der Waals surface area contributed by atoms with Gasteiger partial charge in [0.2, 0.25) is 0 Å². The SMILES string of the molecule is CC\C=C/C=C\C=C/C=C\CCCCCCCC(=O)OCC(COC(=O)CCCCCCCCCCCCCCC)OC(=O)CCCCCCC\C=C/C=C\C=C/CC. The first kappa shape index (κ1) is 55.6. The summed E-state index contributed by atoms with van der Waals surface area (Å²) in [5.74, 6) is -0.940. The molecule has 0 saturated heterocycles. The van der Waals surface area contributed by atoms with Gasteiger partial charge in [-0.05, 0) is 57.8 Å². The highest BCUT2D eigenvalue weighted by Crippen LogP contribution is 2.14. The predicted molar refractivity (Wildman–Crippen MR) is 251 cm³/mol. The van der Waals surface area contributed by atoms with Crippen LogP contribution in [0.1, 0.15) is 213 Å². The number of ether oxygens (including phenoxy) is 3. The Morgan fingerprint density at radius 1 is 0.356 bits per heavy atom. The second kappa shape index (κ2) is 47.3. The zero-order chi connectivity index (χ0) is 43.0. The van der Waals surface area contributed by atoms with Gasteiger partial charge in [0, 0.05) is 19.3 Å². The summed E-state index contributed by atoms with van der Waals surface area (Å²) in [6.45, 7) is 6.32. The summed E-state index contributed by atoms with van der Waals surface area (Å²) in [7, 11) is 0. The first-order valence-corrected chi connectivity index (χ1v) is 24.2. The summed E-state index contributed by atoms with van der Waals surface area (Å²) in [5, 5.41) is 0. The van der Waals surface area contributed by atoms with Gasteiger partial charge < -0.3 is 14.2 Å². The van der Waals surface area contributed by atoms with Crippen molar-refractivity contribution < 1.29 is 28.6 Å². The van der Waals surface area contributed by atoms with Crippen molar-refractivity contribution in [3.8, 4) is 0 Å². The molecule has 0 fully saturated rings. The predicted octanol–water partition coefficient (Wildman–Crippen LogP) is 15.6. The van der Waals surface area contributed by atoms with E-state index in [-0.39, 0.29) is 31.1 Å². The molecule has 0 saturated carbocycles. The largest absolute Gasteiger partial charge is 0.462 e. The molecule has 0 rings (SSSR count). The molecule has 0 heterocycles. The maximum absolute atomic E-state index is 12.7. The number of rotatable bonds is 42. The van der Waals surface area contributed by atoms with Gasteiger partial charge in [-0.25, -0.2) is 0 Å². The second-order valence-electron chi connectivity index (χ2n) is 15.8. The molecule has 6 nitrogen and oxygen atoms in total. The average molecular weight is 821 g/mol. The van der Waals surface area contributed by atoms with Crippen LogP contribution < -0.4 is 0 Å².